The normalized spacial score (nSPS) is 26.7. The van der Waals surface area contributed by atoms with Crippen LogP contribution in [0.3, 0.4) is 0 Å². The van der Waals surface area contributed by atoms with E-state index in [-0.39, 0.29) is 24.1 Å². The van der Waals surface area contributed by atoms with Gasteiger partial charge in [0, 0.05) is 12.8 Å². The third-order valence-corrected chi connectivity index (χ3v) is 5.25. The first-order chi connectivity index (χ1) is 13.2. The molecule has 156 valence electrons. The first kappa shape index (κ1) is 22.2. The second-order valence-electron chi connectivity index (χ2n) is 7.63. The van der Waals surface area contributed by atoms with Crippen LogP contribution < -0.4 is 0 Å². The summed E-state index contributed by atoms with van der Waals surface area (Å²) < 4.78 is 22.4. The van der Waals surface area contributed by atoms with Gasteiger partial charge in [0.15, 0.2) is 12.2 Å². The average Bonchev–Trinajstić information content (AvgIpc) is 3.23. The third kappa shape index (κ3) is 7.41. The first-order valence-corrected chi connectivity index (χ1v) is 10.8. The van der Waals surface area contributed by atoms with Gasteiger partial charge >= 0.3 is 11.9 Å². The minimum atomic E-state index is -0.397. The molecule has 0 N–H and O–H groups in total. The number of ether oxygens (including phenoxy) is 4. The molecule has 6 heteroatoms. The summed E-state index contributed by atoms with van der Waals surface area (Å²) >= 11 is 0. The van der Waals surface area contributed by atoms with Crippen molar-refractivity contribution in [3.8, 4) is 0 Å². The van der Waals surface area contributed by atoms with Gasteiger partial charge in [0.05, 0.1) is 13.2 Å². The Morgan fingerprint density at radius 3 is 1.67 bits per heavy atom. The molecule has 2 aliphatic rings. The maximum absolute atomic E-state index is 12.1. The Bertz CT molecular complexity index is 452. The summed E-state index contributed by atoms with van der Waals surface area (Å²) in [7, 11) is 0. The molecule has 2 aliphatic heterocycles. The quantitative estimate of drug-likeness (QED) is 0.354. The van der Waals surface area contributed by atoms with Gasteiger partial charge in [0.25, 0.3) is 0 Å². The summed E-state index contributed by atoms with van der Waals surface area (Å²) in [4.78, 5) is 23.9. The molecular weight excluding hydrogens is 348 g/mol. The number of fused-ring (bicyclic) bond motifs is 1. The van der Waals surface area contributed by atoms with Crippen LogP contribution in [-0.2, 0) is 28.5 Å². The van der Waals surface area contributed by atoms with Gasteiger partial charge in [-0.2, -0.15) is 0 Å². The van der Waals surface area contributed by atoms with E-state index in [1.807, 2.05) is 6.92 Å². The van der Waals surface area contributed by atoms with E-state index in [4.69, 9.17) is 18.9 Å². The van der Waals surface area contributed by atoms with Crippen molar-refractivity contribution in [1.29, 1.82) is 0 Å². The lowest BCUT2D eigenvalue weighted by Gasteiger charge is -2.17. The minimum absolute atomic E-state index is 0.190. The molecule has 6 nitrogen and oxygen atoms in total. The van der Waals surface area contributed by atoms with Crippen LogP contribution in [0.25, 0.3) is 0 Å². The molecule has 2 rings (SSSR count). The van der Waals surface area contributed by atoms with Gasteiger partial charge < -0.3 is 18.9 Å². The molecule has 0 bridgehead atoms. The fourth-order valence-corrected chi connectivity index (χ4v) is 3.63. The molecule has 0 aromatic rings. The number of carbonyl (C=O) groups excluding carboxylic acids is 2. The molecule has 2 heterocycles. The van der Waals surface area contributed by atoms with Gasteiger partial charge in [0.2, 0.25) is 0 Å². The van der Waals surface area contributed by atoms with Gasteiger partial charge in [-0.1, -0.05) is 58.8 Å². The van der Waals surface area contributed by atoms with E-state index in [0.29, 0.717) is 26.1 Å². The lowest BCUT2D eigenvalue weighted by Crippen LogP contribution is -2.35. The Kier molecular flexibility index (Phi) is 10.1. The Balaban J connectivity index is 1.62. The monoisotopic (exact) mass is 384 g/mol. The predicted octanol–water partition coefficient (Wildman–Crippen LogP) is 3.94. The smallest absolute Gasteiger partial charge is 0.306 e. The molecule has 0 aromatic heterocycles. The van der Waals surface area contributed by atoms with Crippen LogP contribution in [0, 0.1) is 0 Å². The van der Waals surface area contributed by atoms with Gasteiger partial charge in [-0.25, -0.2) is 0 Å². The molecule has 0 aromatic carbocycles. The van der Waals surface area contributed by atoms with Crippen LogP contribution >= 0.6 is 0 Å². The van der Waals surface area contributed by atoms with E-state index >= 15 is 0 Å². The zero-order chi connectivity index (χ0) is 19.5. The first-order valence-electron chi connectivity index (χ1n) is 10.8. The molecule has 27 heavy (non-hydrogen) atoms. The summed E-state index contributed by atoms with van der Waals surface area (Å²) in [6, 6.07) is 0. The Labute approximate surface area is 163 Å². The maximum Gasteiger partial charge on any atom is 0.306 e. The van der Waals surface area contributed by atoms with Crippen molar-refractivity contribution >= 4 is 11.9 Å². The predicted molar refractivity (Wildman–Crippen MR) is 101 cm³/mol. The van der Waals surface area contributed by atoms with E-state index in [0.717, 1.165) is 25.7 Å². The number of esters is 2. The molecule has 4 atom stereocenters. The summed E-state index contributed by atoms with van der Waals surface area (Å²) in [5, 5.41) is 0. The van der Waals surface area contributed by atoms with Gasteiger partial charge in [-0.3, -0.25) is 9.59 Å². The SMILES string of the molecule is CCCCCCCCCC(=O)OC1COC2C(OC(=O)CCCC)COC12. The van der Waals surface area contributed by atoms with Crippen molar-refractivity contribution in [2.24, 2.45) is 0 Å². The molecule has 0 amide bonds. The van der Waals surface area contributed by atoms with Gasteiger partial charge in [0.1, 0.15) is 12.2 Å². The highest BCUT2D eigenvalue weighted by Gasteiger charge is 2.51. The topological polar surface area (TPSA) is 71.1 Å². The fraction of sp³-hybridized carbons (Fsp3) is 0.905. The number of unbranched alkanes of at least 4 members (excludes halogenated alkanes) is 7. The minimum Gasteiger partial charge on any atom is -0.457 e. The molecule has 2 fully saturated rings. The van der Waals surface area contributed by atoms with Crippen molar-refractivity contribution in [1.82, 2.24) is 0 Å². The Morgan fingerprint density at radius 2 is 1.15 bits per heavy atom. The zero-order valence-electron chi connectivity index (χ0n) is 17.0. The van der Waals surface area contributed by atoms with Crippen LogP contribution in [0.1, 0.15) is 84.5 Å². The van der Waals surface area contributed by atoms with Crippen LogP contribution in [-0.4, -0.2) is 49.6 Å². The maximum atomic E-state index is 12.1. The largest absolute Gasteiger partial charge is 0.457 e. The molecule has 0 spiro atoms. The fourth-order valence-electron chi connectivity index (χ4n) is 3.63. The molecule has 0 saturated carbocycles. The Hall–Kier alpha value is -1.14. The van der Waals surface area contributed by atoms with Crippen molar-refractivity contribution in [2.45, 2.75) is 109 Å². The molecular formula is C21H36O6. The molecule has 2 saturated heterocycles. The average molecular weight is 385 g/mol. The summed E-state index contributed by atoms with van der Waals surface area (Å²) in [6.07, 6.45) is 9.37. The molecule has 4 unspecified atom stereocenters. The van der Waals surface area contributed by atoms with E-state index < -0.39 is 12.2 Å². The van der Waals surface area contributed by atoms with Crippen molar-refractivity contribution in [3.63, 3.8) is 0 Å². The summed E-state index contributed by atoms with van der Waals surface area (Å²) in [6.45, 7) is 4.85. The van der Waals surface area contributed by atoms with Crippen LogP contribution in [0.2, 0.25) is 0 Å². The lowest BCUT2D eigenvalue weighted by atomic mass is 10.1. The summed E-state index contributed by atoms with van der Waals surface area (Å²) in [5.74, 6) is -0.404. The highest BCUT2D eigenvalue weighted by Crippen LogP contribution is 2.31. The highest BCUT2D eigenvalue weighted by atomic mass is 16.7. The van der Waals surface area contributed by atoms with Crippen molar-refractivity contribution < 1.29 is 28.5 Å². The van der Waals surface area contributed by atoms with Crippen LogP contribution in [0.5, 0.6) is 0 Å². The molecule has 0 aliphatic carbocycles. The number of rotatable bonds is 13. The molecule has 0 radical (unpaired) electrons. The van der Waals surface area contributed by atoms with E-state index in [1.54, 1.807) is 0 Å². The van der Waals surface area contributed by atoms with Crippen LogP contribution in [0.4, 0.5) is 0 Å². The van der Waals surface area contributed by atoms with E-state index in [9.17, 15) is 9.59 Å². The zero-order valence-corrected chi connectivity index (χ0v) is 17.0. The van der Waals surface area contributed by atoms with Crippen molar-refractivity contribution in [2.75, 3.05) is 13.2 Å². The Morgan fingerprint density at radius 1 is 0.704 bits per heavy atom. The third-order valence-electron chi connectivity index (χ3n) is 5.25. The van der Waals surface area contributed by atoms with E-state index in [1.165, 1.54) is 32.1 Å². The van der Waals surface area contributed by atoms with Gasteiger partial charge in [-0.05, 0) is 12.8 Å². The standard InChI is InChI=1S/C21H36O6/c1-3-5-7-8-9-10-11-13-19(23)27-17-15-25-20-16(14-24-21(17)20)26-18(22)12-6-4-2/h16-17,20-21H,3-15H2,1-2H3. The van der Waals surface area contributed by atoms with E-state index in [2.05, 4.69) is 6.92 Å². The second kappa shape index (κ2) is 12.3. The number of hydrogen-bond donors (Lipinski definition) is 0. The van der Waals surface area contributed by atoms with Crippen molar-refractivity contribution in [3.05, 3.63) is 0 Å². The highest BCUT2D eigenvalue weighted by molar-refractivity contribution is 5.70. The summed E-state index contributed by atoms with van der Waals surface area (Å²) in [5.41, 5.74) is 0. The lowest BCUT2D eigenvalue weighted by molar-refractivity contribution is -0.155. The van der Waals surface area contributed by atoms with Gasteiger partial charge in [-0.15, -0.1) is 0 Å². The second-order valence-corrected chi connectivity index (χ2v) is 7.63. The number of carbonyl (C=O) groups is 2. The van der Waals surface area contributed by atoms with Crippen LogP contribution in [0.15, 0.2) is 0 Å². The number of hydrogen-bond acceptors (Lipinski definition) is 6.